The fourth-order valence-corrected chi connectivity index (χ4v) is 2.62. The maximum absolute atomic E-state index is 13.6. The van der Waals surface area contributed by atoms with Crippen molar-refractivity contribution in [3.8, 4) is 0 Å². The highest BCUT2D eigenvalue weighted by molar-refractivity contribution is 7.07. The van der Waals surface area contributed by atoms with Crippen LogP contribution in [0, 0.1) is 11.6 Å². The van der Waals surface area contributed by atoms with Crippen LogP contribution in [0.2, 0.25) is 0 Å². The number of amides is 1. The molecule has 2 aromatic rings. The van der Waals surface area contributed by atoms with E-state index in [4.69, 9.17) is 0 Å². The van der Waals surface area contributed by atoms with Crippen LogP contribution in [0.1, 0.15) is 24.2 Å². The number of benzene rings is 1. The lowest BCUT2D eigenvalue weighted by Crippen LogP contribution is -2.26. The van der Waals surface area contributed by atoms with Crippen LogP contribution in [0.3, 0.4) is 0 Å². The Labute approximate surface area is 130 Å². The lowest BCUT2D eigenvalue weighted by Gasteiger charge is -2.10. The number of carbonyl (C=O) groups is 1. The molecule has 0 saturated heterocycles. The summed E-state index contributed by atoms with van der Waals surface area (Å²) in [7, 11) is 0. The monoisotopic (exact) mass is 323 g/mol. The smallest absolute Gasteiger partial charge is 0.244 e. The van der Waals surface area contributed by atoms with Gasteiger partial charge in [0.15, 0.2) is 0 Å². The Morgan fingerprint density at radius 2 is 2.18 bits per heavy atom. The van der Waals surface area contributed by atoms with E-state index < -0.39 is 23.6 Å². The molecule has 0 spiro atoms. The number of halogens is 2. The first-order valence-electron chi connectivity index (χ1n) is 6.59. The molecule has 3 nitrogen and oxygen atoms in total. The first kappa shape index (κ1) is 16.3. The molecule has 6 heteroatoms. The van der Waals surface area contributed by atoms with Crippen molar-refractivity contribution < 1.29 is 18.7 Å². The summed E-state index contributed by atoms with van der Waals surface area (Å²) < 4.78 is 26.5. The number of carbonyl (C=O) groups excluding carboxylic acids is 1. The Hall–Kier alpha value is -2.05. The highest BCUT2D eigenvalue weighted by Gasteiger charge is 2.10. The number of aliphatic hydroxyl groups is 1. The second kappa shape index (κ2) is 7.29. The standard InChI is InChI=1S/C16H15F2NO2S/c1-10(13-3-2-12(17)7-14(13)18)6-16(21)19-8-15(20)11-4-5-22-9-11/h2-7,9,15,20H,8H2,1H3,(H,19,21)/b10-6-. The van der Waals surface area contributed by atoms with Crippen molar-refractivity contribution in [2.75, 3.05) is 6.54 Å². The molecule has 1 amide bonds. The lowest BCUT2D eigenvalue weighted by atomic mass is 10.1. The van der Waals surface area contributed by atoms with Gasteiger partial charge >= 0.3 is 0 Å². The zero-order valence-corrected chi connectivity index (χ0v) is 12.7. The minimum absolute atomic E-state index is 0.0608. The number of hydrogen-bond donors (Lipinski definition) is 2. The second-order valence-electron chi connectivity index (χ2n) is 4.77. The first-order valence-corrected chi connectivity index (χ1v) is 7.53. The molecule has 1 aromatic heterocycles. The van der Waals surface area contributed by atoms with Crippen LogP contribution >= 0.6 is 11.3 Å². The van der Waals surface area contributed by atoms with E-state index in [1.165, 1.54) is 23.5 Å². The molecular formula is C16H15F2NO2S. The molecule has 1 unspecified atom stereocenters. The average Bonchev–Trinajstić information content (AvgIpc) is 2.98. The van der Waals surface area contributed by atoms with Gasteiger partial charge in [-0.3, -0.25) is 4.79 Å². The van der Waals surface area contributed by atoms with Crippen molar-refractivity contribution in [2.24, 2.45) is 0 Å². The summed E-state index contributed by atoms with van der Waals surface area (Å²) in [6, 6.07) is 4.96. The number of nitrogens with one attached hydrogen (secondary N) is 1. The largest absolute Gasteiger partial charge is 0.387 e. The Kier molecular flexibility index (Phi) is 5.41. The molecule has 0 aliphatic rings. The third-order valence-corrected chi connectivity index (χ3v) is 3.80. The van der Waals surface area contributed by atoms with Crippen LogP contribution in [0.15, 0.2) is 41.1 Å². The SMILES string of the molecule is C/C(=C/C(=O)NCC(O)c1ccsc1)c1ccc(F)cc1F. The summed E-state index contributed by atoms with van der Waals surface area (Å²) in [6.07, 6.45) is 0.433. The third-order valence-electron chi connectivity index (χ3n) is 3.10. The maximum Gasteiger partial charge on any atom is 0.244 e. The van der Waals surface area contributed by atoms with E-state index in [0.29, 0.717) is 5.57 Å². The molecule has 116 valence electrons. The van der Waals surface area contributed by atoms with Crippen LogP contribution < -0.4 is 5.32 Å². The van der Waals surface area contributed by atoms with E-state index in [9.17, 15) is 18.7 Å². The molecule has 0 aliphatic carbocycles. The summed E-state index contributed by atoms with van der Waals surface area (Å²) in [4.78, 5) is 11.8. The number of aliphatic hydroxyl groups excluding tert-OH is 1. The Bertz CT molecular complexity index is 683. The van der Waals surface area contributed by atoms with Gasteiger partial charge in [-0.2, -0.15) is 11.3 Å². The normalized spacial score (nSPS) is 13.0. The van der Waals surface area contributed by atoms with Gasteiger partial charge in [-0.1, -0.05) is 0 Å². The van der Waals surface area contributed by atoms with Gasteiger partial charge in [-0.15, -0.1) is 0 Å². The summed E-state index contributed by atoms with van der Waals surface area (Å²) in [6.45, 7) is 1.62. The average molecular weight is 323 g/mol. The molecule has 1 aromatic carbocycles. The highest BCUT2D eigenvalue weighted by Crippen LogP contribution is 2.19. The molecule has 0 aliphatic heterocycles. The second-order valence-corrected chi connectivity index (χ2v) is 5.55. The van der Waals surface area contributed by atoms with Crippen LogP contribution in [-0.4, -0.2) is 17.6 Å². The van der Waals surface area contributed by atoms with E-state index in [-0.39, 0.29) is 12.1 Å². The minimum Gasteiger partial charge on any atom is -0.387 e. The van der Waals surface area contributed by atoms with Crippen LogP contribution in [0.4, 0.5) is 8.78 Å². The zero-order chi connectivity index (χ0) is 16.1. The van der Waals surface area contributed by atoms with Crippen LogP contribution in [0.5, 0.6) is 0 Å². The molecule has 1 atom stereocenters. The van der Waals surface area contributed by atoms with Gasteiger partial charge in [0.05, 0.1) is 6.10 Å². The van der Waals surface area contributed by atoms with E-state index in [1.807, 2.05) is 5.38 Å². The van der Waals surface area contributed by atoms with Gasteiger partial charge in [0, 0.05) is 24.3 Å². The summed E-state index contributed by atoms with van der Waals surface area (Å²) >= 11 is 1.46. The predicted molar refractivity (Wildman–Crippen MR) is 82.3 cm³/mol. The topological polar surface area (TPSA) is 49.3 Å². The van der Waals surface area contributed by atoms with Gasteiger partial charge in [-0.25, -0.2) is 8.78 Å². The summed E-state index contributed by atoms with van der Waals surface area (Å²) in [5.41, 5.74) is 1.27. The molecule has 1 heterocycles. The van der Waals surface area contributed by atoms with E-state index in [0.717, 1.165) is 17.7 Å². The fourth-order valence-electron chi connectivity index (χ4n) is 1.91. The molecule has 2 rings (SSSR count). The van der Waals surface area contributed by atoms with Gasteiger partial charge < -0.3 is 10.4 Å². The van der Waals surface area contributed by atoms with Crippen molar-refractivity contribution in [2.45, 2.75) is 13.0 Å². The van der Waals surface area contributed by atoms with E-state index in [1.54, 1.807) is 18.4 Å². The van der Waals surface area contributed by atoms with Gasteiger partial charge in [0.1, 0.15) is 11.6 Å². The minimum atomic E-state index is -0.786. The number of thiophene rings is 1. The predicted octanol–water partition coefficient (Wildman–Crippen LogP) is 3.28. The number of rotatable bonds is 5. The van der Waals surface area contributed by atoms with Crippen molar-refractivity contribution in [3.63, 3.8) is 0 Å². The maximum atomic E-state index is 13.6. The molecule has 0 fully saturated rings. The Morgan fingerprint density at radius 3 is 2.82 bits per heavy atom. The molecule has 0 bridgehead atoms. The Balaban J connectivity index is 1.98. The zero-order valence-electron chi connectivity index (χ0n) is 11.8. The van der Waals surface area contributed by atoms with Crippen molar-refractivity contribution in [1.82, 2.24) is 5.32 Å². The molecule has 0 radical (unpaired) electrons. The fraction of sp³-hybridized carbons (Fsp3) is 0.188. The highest BCUT2D eigenvalue weighted by atomic mass is 32.1. The van der Waals surface area contributed by atoms with Crippen molar-refractivity contribution >= 4 is 22.8 Å². The first-order chi connectivity index (χ1) is 10.5. The van der Waals surface area contributed by atoms with Gasteiger partial charge in [0.25, 0.3) is 0 Å². The summed E-state index contributed by atoms with van der Waals surface area (Å²) in [5, 5.41) is 16.0. The van der Waals surface area contributed by atoms with Crippen LogP contribution in [0.25, 0.3) is 5.57 Å². The van der Waals surface area contributed by atoms with Gasteiger partial charge in [-0.05, 0) is 47.0 Å². The van der Waals surface area contributed by atoms with Crippen LogP contribution in [-0.2, 0) is 4.79 Å². The summed E-state index contributed by atoms with van der Waals surface area (Å²) in [5.74, 6) is -1.84. The quantitative estimate of drug-likeness (QED) is 0.830. The van der Waals surface area contributed by atoms with E-state index in [2.05, 4.69) is 5.32 Å². The van der Waals surface area contributed by atoms with Crippen molar-refractivity contribution in [3.05, 3.63) is 63.9 Å². The van der Waals surface area contributed by atoms with Crippen molar-refractivity contribution in [1.29, 1.82) is 0 Å². The molecule has 2 N–H and O–H groups in total. The number of allylic oxidation sites excluding steroid dienone is 1. The number of hydrogen-bond acceptors (Lipinski definition) is 3. The van der Waals surface area contributed by atoms with Gasteiger partial charge in [0.2, 0.25) is 5.91 Å². The van der Waals surface area contributed by atoms with E-state index >= 15 is 0 Å². The molecular weight excluding hydrogens is 308 g/mol. The Morgan fingerprint density at radius 1 is 1.41 bits per heavy atom. The molecule has 0 saturated carbocycles. The lowest BCUT2D eigenvalue weighted by molar-refractivity contribution is -0.116. The molecule has 22 heavy (non-hydrogen) atoms. The third kappa shape index (κ3) is 4.22.